The maximum atomic E-state index is 13.1. The van der Waals surface area contributed by atoms with Crippen molar-refractivity contribution >= 4 is 17.5 Å². The average Bonchev–Trinajstić information content (AvgIpc) is 3.39. The van der Waals surface area contributed by atoms with Crippen molar-refractivity contribution in [2.45, 2.75) is 39.3 Å². The second kappa shape index (κ2) is 9.67. The number of aryl methyl sites for hydroxylation is 2. The third-order valence-corrected chi connectivity index (χ3v) is 6.35. The number of hydrogen-bond acceptors (Lipinski definition) is 3. The van der Waals surface area contributed by atoms with E-state index in [4.69, 9.17) is 11.6 Å². The van der Waals surface area contributed by atoms with Gasteiger partial charge < -0.3 is 5.32 Å². The molecule has 0 bridgehead atoms. The lowest BCUT2D eigenvalue weighted by Gasteiger charge is -2.28. The molecule has 1 atom stereocenters. The lowest BCUT2D eigenvalue weighted by atomic mass is 10.1. The van der Waals surface area contributed by atoms with Crippen LogP contribution >= 0.6 is 11.6 Å². The number of carbonyl (C=O) groups excluding carboxylic acids is 1. The Morgan fingerprint density at radius 3 is 2.42 bits per heavy atom. The first-order valence-electron chi connectivity index (χ1n) is 10.9. The first-order chi connectivity index (χ1) is 15.0. The van der Waals surface area contributed by atoms with E-state index in [-0.39, 0.29) is 11.9 Å². The molecule has 1 saturated heterocycles. The summed E-state index contributed by atoms with van der Waals surface area (Å²) >= 11 is 6.59. The molecule has 3 aromatic rings. The number of benzene rings is 2. The molecule has 0 saturated carbocycles. The van der Waals surface area contributed by atoms with E-state index in [0.29, 0.717) is 29.5 Å². The maximum Gasteiger partial charge on any atom is 0.256 e. The molecule has 0 unspecified atom stereocenters. The van der Waals surface area contributed by atoms with Crippen molar-refractivity contribution in [3.63, 3.8) is 0 Å². The smallest absolute Gasteiger partial charge is 0.256 e. The Bertz CT molecular complexity index is 1020. The molecule has 1 aliphatic heterocycles. The van der Waals surface area contributed by atoms with Crippen LogP contribution in [0.2, 0.25) is 5.15 Å². The van der Waals surface area contributed by atoms with Crippen LogP contribution in [-0.2, 0) is 6.54 Å². The predicted molar refractivity (Wildman–Crippen MR) is 125 cm³/mol. The number of amides is 1. The number of nitrogens with one attached hydrogen (secondary N) is 1. The zero-order chi connectivity index (χ0) is 21.8. The van der Waals surface area contributed by atoms with Gasteiger partial charge in [-0.3, -0.25) is 9.69 Å². The first-order valence-corrected chi connectivity index (χ1v) is 11.3. The van der Waals surface area contributed by atoms with Crippen LogP contribution in [-0.4, -0.2) is 40.2 Å². The van der Waals surface area contributed by atoms with Crippen molar-refractivity contribution in [2.75, 3.05) is 19.6 Å². The number of halogens is 1. The molecule has 1 N–H and O–H groups in total. The van der Waals surface area contributed by atoms with E-state index in [1.807, 2.05) is 13.0 Å². The fourth-order valence-electron chi connectivity index (χ4n) is 4.25. The summed E-state index contributed by atoms with van der Waals surface area (Å²) in [4.78, 5) is 15.5. The Morgan fingerprint density at radius 2 is 1.74 bits per heavy atom. The molecule has 2 aromatic carbocycles. The van der Waals surface area contributed by atoms with Crippen molar-refractivity contribution < 1.29 is 4.79 Å². The third kappa shape index (κ3) is 5.00. The lowest BCUT2D eigenvalue weighted by molar-refractivity contribution is 0.0937. The highest BCUT2D eigenvalue weighted by molar-refractivity contribution is 6.33. The highest BCUT2D eigenvalue weighted by atomic mass is 35.5. The molecule has 0 aliphatic carbocycles. The SMILES string of the molecule is Cc1ccc(Cn2nc(C)c(C(=O)NC[C@H](c3ccccc3)N3CCCC3)c2Cl)cc1. The summed E-state index contributed by atoms with van der Waals surface area (Å²) in [5, 5.41) is 8.03. The second-order valence-corrected chi connectivity index (χ2v) is 8.63. The minimum Gasteiger partial charge on any atom is -0.350 e. The number of likely N-dealkylation sites (tertiary alicyclic amines) is 1. The van der Waals surface area contributed by atoms with Gasteiger partial charge in [0.1, 0.15) is 5.15 Å². The van der Waals surface area contributed by atoms with Gasteiger partial charge in [-0.1, -0.05) is 71.8 Å². The van der Waals surface area contributed by atoms with Gasteiger partial charge in [-0.25, -0.2) is 4.68 Å². The van der Waals surface area contributed by atoms with Gasteiger partial charge in [-0.2, -0.15) is 5.10 Å². The van der Waals surface area contributed by atoms with Crippen molar-refractivity contribution in [3.05, 3.63) is 87.7 Å². The standard InChI is InChI=1S/C25H29ClN4O/c1-18-10-12-20(13-11-18)17-30-24(26)23(19(2)28-30)25(31)27-16-22(29-14-6-7-15-29)21-8-4-3-5-9-21/h3-5,8-13,22H,6-7,14-17H2,1-2H3,(H,27,31)/t22-/m1/s1. The maximum absolute atomic E-state index is 13.1. The Hall–Kier alpha value is -2.63. The minimum absolute atomic E-state index is 0.161. The molecule has 1 amide bonds. The minimum atomic E-state index is -0.169. The number of hydrogen-bond donors (Lipinski definition) is 1. The van der Waals surface area contributed by atoms with E-state index in [0.717, 1.165) is 18.7 Å². The van der Waals surface area contributed by atoms with E-state index in [1.54, 1.807) is 4.68 Å². The summed E-state index contributed by atoms with van der Waals surface area (Å²) in [6.45, 7) is 7.09. The first kappa shape index (κ1) is 21.6. The highest BCUT2D eigenvalue weighted by Gasteiger charge is 2.26. The summed E-state index contributed by atoms with van der Waals surface area (Å²) in [7, 11) is 0. The fourth-order valence-corrected chi connectivity index (χ4v) is 4.57. The van der Waals surface area contributed by atoms with Crippen LogP contribution < -0.4 is 5.32 Å². The van der Waals surface area contributed by atoms with Crippen LogP contribution in [0.4, 0.5) is 0 Å². The van der Waals surface area contributed by atoms with Crippen molar-refractivity contribution in [1.29, 1.82) is 0 Å². The fraction of sp³-hybridized carbons (Fsp3) is 0.360. The van der Waals surface area contributed by atoms with Crippen LogP contribution in [0.15, 0.2) is 54.6 Å². The molecule has 162 valence electrons. The molecule has 5 nitrogen and oxygen atoms in total. The van der Waals surface area contributed by atoms with Crippen molar-refractivity contribution in [2.24, 2.45) is 0 Å². The summed E-state index contributed by atoms with van der Waals surface area (Å²) in [5.74, 6) is -0.169. The summed E-state index contributed by atoms with van der Waals surface area (Å²) < 4.78 is 1.70. The predicted octanol–water partition coefficient (Wildman–Crippen LogP) is 4.77. The van der Waals surface area contributed by atoms with Crippen LogP contribution in [0.3, 0.4) is 0 Å². The summed E-state index contributed by atoms with van der Waals surface area (Å²) in [6.07, 6.45) is 2.40. The van der Waals surface area contributed by atoms with E-state index < -0.39 is 0 Å². The van der Waals surface area contributed by atoms with Gasteiger partial charge in [-0.05, 0) is 50.9 Å². The molecule has 0 radical (unpaired) electrons. The summed E-state index contributed by atoms with van der Waals surface area (Å²) in [5.41, 5.74) is 4.63. The number of rotatable bonds is 7. The zero-order valence-electron chi connectivity index (χ0n) is 18.1. The van der Waals surface area contributed by atoms with Gasteiger partial charge in [0.05, 0.1) is 23.8 Å². The quantitative estimate of drug-likeness (QED) is 0.580. The Labute approximate surface area is 189 Å². The van der Waals surface area contributed by atoms with Crippen LogP contribution in [0.5, 0.6) is 0 Å². The normalized spacial score (nSPS) is 15.2. The highest BCUT2D eigenvalue weighted by Crippen LogP contribution is 2.25. The third-order valence-electron chi connectivity index (χ3n) is 5.97. The van der Waals surface area contributed by atoms with Gasteiger partial charge in [0, 0.05) is 6.54 Å². The van der Waals surface area contributed by atoms with Gasteiger partial charge in [0.15, 0.2) is 0 Å². The van der Waals surface area contributed by atoms with E-state index >= 15 is 0 Å². The van der Waals surface area contributed by atoms with Gasteiger partial charge in [-0.15, -0.1) is 0 Å². The lowest BCUT2D eigenvalue weighted by Crippen LogP contribution is -2.37. The Kier molecular flexibility index (Phi) is 6.73. The molecular formula is C25H29ClN4O. The van der Waals surface area contributed by atoms with E-state index in [2.05, 4.69) is 70.8 Å². The second-order valence-electron chi connectivity index (χ2n) is 8.27. The van der Waals surface area contributed by atoms with E-state index in [9.17, 15) is 4.79 Å². The molecule has 1 aromatic heterocycles. The van der Waals surface area contributed by atoms with Crippen LogP contribution in [0.1, 0.15) is 51.6 Å². The Morgan fingerprint density at radius 1 is 1.06 bits per heavy atom. The number of nitrogens with zero attached hydrogens (tertiary/aromatic N) is 3. The molecule has 2 heterocycles. The molecule has 31 heavy (non-hydrogen) atoms. The monoisotopic (exact) mass is 436 g/mol. The molecule has 6 heteroatoms. The molecule has 1 aliphatic rings. The van der Waals surface area contributed by atoms with Crippen molar-refractivity contribution in [1.82, 2.24) is 20.0 Å². The van der Waals surface area contributed by atoms with Gasteiger partial charge in [0.2, 0.25) is 0 Å². The number of carbonyl (C=O) groups is 1. The molecule has 4 rings (SSSR count). The molecule has 0 spiro atoms. The average molecular weight is 437 g/mol. The summed E-state index contributed by atoms with van der Waals surface area (Å²) in [6, 6.07) is 18.8. The van der Waals surface area contributed by atoms with Gasteiger partial charge >= 0.3 is 0 Å². The Balaban J connectivity index is 1.48. The van der Waals surface area contributed by atoms with Crippen molar-refractivity contribution in [3.8, 4) is 0 Å². The number of aromatic nitrogens is 2. The topological polar surface area (TPSA) is 50.2 Å². The largest absolute Gasteiger partial charge is 0.350 e. The van der Waals surface area contributed by atoms with E-state index in [1.165, 1.54) is 24.0 Å². The molecular weight excluding hydrogens is 408 g/mol. The van der Waals surface area contributed by atoms with Crippen LogP contribution in [0.25, 0.3) is 0 Å². The molecule has 1 fully saturated rings. The zero-order valence-corrected chi connectivity index (χ0v) is 18.9. The van der Waals surface area contributed by atoms with Gasteiger partial charge in [0.25, 0.3) is 5.91 Å². The van der Waals surface area contributed by atoms with Crippen LogP contribution in [0, 0.1) is 13.8 Å².